The highest BCUT2D eigenvalue weighted by atomic mass is 35.5. The topological polar surface area (TPSA) is 39.7 Å². The third kappa shape index (κ3) is 3.18. The molecule has 0 heterocycles. The largest absolute Gasteiger partial charge is 0.496 e. The maximum atomic E-state index is 5.28. The van der Waals surface area contributed by atoms with Crippen molar-refractivity contribution in [2.75, 3.05) is 28.4 Å². The van der Waals surface area contributed by atoms with Gasteiger partial charge in [0.25, 0.3) is 0 Å². The summed E-state index contributed by atoms with van der Waals surface area (Å²) in [6.07, 6.45) is 0. The van der Waals surface area contributed by atoms with Crippen LogP contribution in [0.25, 0.3) is 0 Å². The average Bonchev–Trinajstić information content (AvgIpc) is 2.29. The fourth-order valence-electron chi connectivity index (χ4n) is 1.43. The lowest BCUT2D eigenvalue weighted by Gasteiger charge is -2.14. The molecule has 92 valence electrons. The lowest BCUT2D eigenvalue weighted by Crippen LogP contribution is -2.08. The van der Waals surface area contributed by atoms with Gasteiger partial charge in [-0.1, -0.05) is 0 Å². The fraction of sp³-hybridized carbons (Fsp3) is 0.455. The first kappa shape index (κ1) is 14.9. The first-order valence-electron chi connectivity index (χ1n) is 4.70. The van der Waals surface area contributed by atoms with Crippen LogP contribution in [0.15, 0.2) is 12.1 Å². The molecular formula is C11H18ClNO3. The minimum absolute atomic E-state index is 0. The fourth-order valence-corrected chi connectivity index (χ4v) is 1.43. The lowest BCUT2D eigenvalue weighted by atomic mass is 10.1. The lowest BCUT2D eigenvalue weighted by molar-refractivity contribution is 0.367. The van der Waals surface area contributed by atoms with E-state index >= 15 is 0 Å². The molecule has 0 bridgehead atoms. The number of rotatable bonds is 5. The Bertz CT molecular complexity index is 306. The number of methoxy groups -OCH3 is 3. The van der Waals surface area contributed by atoms with E-state index in [0.717, 1.165) is 22.8 Å². The average molecular weight is 248 g/mol. The van der Waals surface area contributed by atoms with Gasteiger partial charge >= 0.3 is 0 Å². The summed E-state index contributed by atoms with van der Waals surface area (Å²) in [7, 11) is 6.76. The Hall–Kier alpha value is -1.13. The number of hydrogen-bond acceptors (Lipinski definition) is 4. The molecule has 0 unspecified atom stereocenters. The normalized spacial score (nSPS) is 9.25. The van der Waals surface area contributed by atoms with Crippen molar-refractivity contribution in [3.8, 4) is 17.2 Å². The number of nitrogens with one attached hydrogen (secondary N) is 1. The van der Waals surface area contributed by atoms with E-state index in [0.29, 0.717) is 6.54 Å². The summed E-state index contributed by atoms with van der Waals surface area (Å²) in [5.74, 6) is 2.25. The molecule has 0 aliphatic rings. The Morgan fingerprint density at radius 2 is 1.50 bits per heavy atom. The van der Waals surface area contributed by atoms with Crippen LogP contribution >= 0.6 is 12.4 Å². The van der Waals surface area contributed by atoms with Gasteiger partial charge < -0.3 is 19.5 Å². The molecule has 0 saturated carbocycles. The van der Waals surface area contributed by atoms with Crippen LogP contribution in [0, 0.1) is 0 Å². The van der Waals surface area contributed by atoms with Gasteiger partial charge in [-0.2, -0.15) is 0 Å². The highest BCUT2D eigenvalue weighted by Gasteiger charge is 2.11. The predicted octanol–water partition coefficient (Wildman–Crippen LogP) is 1.85. The molecule has 0 aliphatic heterocycles. The smallest absolute Gasteiger partial charge is 0.130 e. The van der Waals surface area contributed by atoms with Gasteiger partial charge in [0.05, 0.1) is 26.9 Å². The summed E-state index contributed by atoms with van der Waals surface area (Å²) in [4.78, 5) is 0. The molecule has 0 radical (unpaired) electrons. The van der Waals surface area contributed by atoms with Crippen molar-refractivity contribution < 1.29 is 14.2 Å². The molecule has 0 atom stereocenters. The SMILES string of the molecule is CNCc1c(OC)cc(OC)cc1OC.Cl. The van der Waals surface area contributed by atoms with E-state index in [1.54, 1.807) is 21.3 Å². The van der Waals surface area contributed by atoms with Crippen LogP contribution in [0.3, 0.4) is 0 Å². The molecule has 0 aromatic heterocycles. The molecule has 0 amide bonds. The van der Waals surface area contributed by atoms with Gasteiger partial charge in [0.1, 0.15) is 17.2 Å². The highest BCUT2D eigenvalue weighted by Crippen LogP contribution is 2.33. The van der Waals surface area contributed by atoms with Gasteiger partial charge in [-0.05, 0) is 7.05 Å². The quantitative estimate of drug-likeness (QED) is 0.862. The summed E-state index contributed by atoms with van der Waals surface area (Å²) in [5, 5.41) is 3.07. The first-order valence-corrected chi connectivity index (χ1v) is 4.70. The second kappa shape index (κ2) is 7.19. The summed E-state index contributed by atoms with van der Waals surface area (Å²) >= 11 is 0. The van der Waals surface area contributed by atoms with Gasteiger partial charge in [0.2, 0.25) is 0 Å². The minimum Gasteiger partial charge on any atom is -0.496 e. The van der Waals surface area contributed by atoms with E-state index in [2.05, 4.69) is 5.32 Å². The third-order valence-electron chi connectivity index (χ3n) is 2.17. The number of hydrogen-bond donors (Lipinski definition) is 1. The van der Waals surface area contributed by atoms with Crippen LogP contribution in [0.5, 0.6) is 17.2 Å². The van der Waals surface area contributed by atoms with Crippen molar-refractivity contribution in [1.29, 1.82) is 0 Å². The molecule has 1 N–H and O–H groups in total. The molecule has 4 nitrogen and oxygen atoms in total. The van der Waals surface area contributed by atoms with E-state index in [1.807, 2.05) is 19.2 Å². The van der Waals surface area contributed by atoms with E-state index in [4.69, 9.17) is 14.2 Å². The van der Waals surface area contributed by atoms with Gasteiger partial charge in [0, 0.05) is 18.7 Å². The zero-order valence-corrected chi connectivity index (χ0v) is 10.8. The zero-order chi connectivity index (χ0) is 11.3. The van der Waals surface area contributed by atoms with Gasteiger partial charge in [-0.15, -0.1) is 12.4 Å². The molecule has 1 aromatic rings. The summed E-state index contributed by atoms with van der Waals surface area (Å²) in [6.45, 7) is 0.691. The molecule has 0 saturated heterocycles. The third-order valence-corrected chi connectivity index (χ3v) is 2.17. The first-order chi connectivity index (χ1) is 7.26. The molecule has 0 spiro atoms. The van der Waals surface area contributed by atoms with Crippen molar-refractivity contribution in [3.05, 3.63) is 17.7 Å². The van der Waals surface area contributed by atoms with Crippen LogP contribution in [0.4, 0.5) is 0 Å². The van der Waals surface area contributed by atoms with Crippen molar-refractivity contribution in [2.45, 2.75) is 6.54 Å². The Kier molecular flexibility index (Phi) is 6.69. The monoisotopic (exact) mass is 247 g/mol. The summed E-state index contributed by atoms with van der Waals surface area (Å²) in [6, 6.07) is 3.68. The van der Waals surface area contributed by atoms with Gasteiger partial charge in [0.15, 0.2) is 0 Å². The molecule has 16 heavy (non-hydrogen) atoms. The summed E-state index contributed by atoms with van der Waals surface area (Å²) in [5.41, 5.74) is 0.989. The van der Waals surface area contributed by atoms with Gasteiger partial charge in [-0.3, -0.25) is 0 Å². The van der Waals surface area contributed by atoms with Gasteiger partial charge in [-0.25, -0.2) is 0 Å². The second-order valence-corrected chi connectivity index (χ2v) is 3.04. The molecular weight excluding hydrogens is 230 g/mol. The van der Waals surface area contributed by atoms with Crippen LogP contribution < -0.4 is 19.5 Å². The van der Waals surface area contributed by atoms with Crippen molar-refractivity contribution in [1.82, 2.24) is 5.32 Å². The minimum atomic E-state index is 0. The van der Waals surface area contributed by atoms with Crippen molar-refractivity contribution in [3.63, 3.8) is 0 Å². The maximum Gasteiger partial charge on any atom is 0.130 e. The van der Waals surface area contributed by atoms with Crippen LogP contribution in [0.1, 0.15) is 5.56 Å². The molecule has 0 aliphatic carbocycles. The highest BCUT2D eigenvalue weighted by molar-refractivity contribution is 5.85. The Balaban J connectivity index is 0.00000225. The van der Waals surface area contributed by atoms with E-state index in [1.165, 1.54) is 0 Å². The zero-order valence-electron chi connectivity index (χ0n) is 9.99. The number of ether oxygens (including phenoxy) is 3. The molecule has 5 heteroatoms. The standard InChI is InChI=1S/C11H17NO3.ClH/c1-12-7-9-10(14-3)5-8(13-2)6-11(9)15-4;/h5-6,12H,7H2,1-4H3;1H. The van der Waals surface area contributed by atoms with Crippen molar-refractivity contribution >= 4 is 12.4 Å². The van der Waals surface area contributed by atoms with Crippen molar-refractivity contribution in [2.24, 2.45) is 0 Å². The van der Waals surface area contributed by atoms with E-state index in [-0.39, 0.29) is 12.4 Å². The Morgan fingerprint density at radius 1 is 1.00 bits per heavy atom. The number of halogens is 1. The maximum absolute atomic E-state index is 5.28. The van der Waals surface area contributed by atoms with Crippen LogP contribution in [-0.2, 0) is 6.54 Å². The molecule has 1 aromatic carbocycles. The van der Waals surface area contributed by atoms with Crippen LogP contribution in [-0.4, -0.2) is 28.4 Å². The van der Waals surface area contributed by atoms with E-state index < -0.39 is 0 Å². The summed E-state index contributed by atoms with van der Waals surface area (Å²) < 4.78 is 15.7. The van der Waals surface area contributed by atoms with Crippen LogP contribution in [0.2, 0.25) is 0 Å². The Labute approximate surface area is 102 Å². The molecule has 1 rings (SSSR count). The Morgan fingerprint density at radius 3 is 1.81 bits per heavy atom. The predicted molar refractivity (Wildman–Crippen MR) is 66.1 cm³/mol. The second-order valence-electron chi connectivity index (χ2n) is 3.04. The number of benzene rings is 1. The molecule has 0 fully saturated rings. The van der Waals surface area contributed by atoms with E-state index in [9.17, 15) is 0 Å².